The minimum absolute atomic E-state index is 0. The van der Waals surface area contributed by atoms with Crippen LogP contribution in [0.5, 0.6) is 0 Å². The van der Waals surface area contributed by atoms with E-state index < -0.39 is 0 Å². The molecule has 0 amide bonds. The number of anilines is 2. The zero-order valence-corrected chi connectivity index (χ0v) is 14.7. The first-order valence-corrected chi connectivity index (χ1v) is 6.04. The van der Waals surface area contributed by atoms with Gasteiger partial charge in [0.05, 0.1) is 0 Å². The van der Waals surface area contributed by atoms with E-state index in [-0.39, 0.29) is 20.1 Å². The Bertz CT molecular complexity index is 569. The Morgan fingerprint density at radius 1 is 0.833 bits per heavy atom. The first-order valence-electron chi connectivity index (χ1n) is 6.04. The van der Waals surface area contributed by atoms with Crippen LogP contribution in [0.4, 0.5) is 11.6 Å². The summed E-state index contributed by atoms with van der Waals surface area (Å²) in [5.41, 5.74) is 0. The van der Waals surface area contributed by atoms with Crippen LogP contribution in [-0.4, -0.2) is 24.3 Å². The standard InChI is InChI=1S/C12H10BN4.2CN.CHO.Ir/c1-3-7-14-11(5-1)16-9-10-17(13-16)12-6-2-4-8-15-12;3*1-2;/h1-10H;;;1H;/q;3*-1;+3. The summed E-state index contributed by atoms with van der Waals surface area (Å²) in [7, 11) is 1.95. The molecule has 0 saturated heterocycles. The van der Waals surface area contributed by atoms with Crippen LogP contribution in [0.1, 0.15) is 0 Å². The number of hydrogen-bond donors (Lipinski definition) is 0. The van der Waals surface area contributed by atoms with Gasteiger partial charge in [0.15, 0.2) is 0 Å². The van der Waals surface area contributed by atoms with Gasteiger partial charge in [0.25, 0.3) is 0 Å². The van der Waals surface area contributed by atoms with E-state index in [4.69, 9.17) is 28.5 Å². The average molecular weight is 494 g/mol. The SMILES string of the molecule is [B]1N(c2ccccn2)C=CN1c1ccccn1.[C-]#N.[C-]#N.[CH-]=O.[Ir+3]. The molecule has 9 heteroatoms. The largest absolute Gasteiger partial charge is 3.00 e. The third-order valence-electron chi connectivity index (χ3n) is 2.46. The molecule has 1 radical (unpaired) electrons. The summed E-state index contributed by atoms with van der Waals surface area (Å²) in [6.45, 7) is 12.8. The van der Waals surface area contributed by atoms with Gasteiger partial charge >= 0.3 is 27.7 Å². The number of hydrogen-bond acceptors (Lipinski definition) is 7. The van der Waals surface area contributed by atoms with Crippen molar-refractivity contribution in [3.63, 3.8) is 0 Å². The summed E-state index contributed by atoms with van der Waals surface area (Å²) >= 11 is 0. The van der Waals surface area contributed by atoms with E-state index in [1.165, 1.54) is 0 Å². The van der Waals surface area contributed by atoms with Crippen molar-refractivity contribution in [2.75, 3.05) is 9.62 Å². The van der Waals surface area contributed by atoms with Crippen molar-refractivity contribution in [3.8, 4) is 0 Å². The third kappa shape index (κ3) is 6.84. The fourth-order valence-corrected chi connectivity index (χ4v) is 1.64. The summed E-state index contributed by atoms with van der Waals surface area (Å²) in [6, 6.07) is 11.7. The molecular formula is C15H11BIrN6O. The first-order chi connectivity index (χ1) is 11.4. The van der Waals surface area contributed by atoms with E-state index in [2.05, 4.69) is 16.8 Å². The predicted molar refractivity (Wildman–Crippen MR) is 85.0 cm³/mol. The van der Waals surface area contributed by atoms with Gasteiger partial charge < -0.3 is 38.1 Å². The van der Waals surface area contributed by atoms with Crippen molar-refractivity contribution >= 4 is 26.0 Å². The first kappa shape index (κ1) is 23.3. The molecule has 7 nitrogen and oxygen atoms in total. The fourth-order valence-electron chi connectivity index (χ4n) is 1.64. The maximum atomic E-state index is 7.75. The van der Waals surface area contributed by atoms with Gasteiger partial charge in [-0.05, 0) is 24.3 Å². The number of nitrogens with zero attached hydrogens (tertiary/aromatic N) is 6. The molecule has 24 heavy (non-hydrogen) atoms. The molecule has 2 aromatic rings. The summed E-state index contributed by atoms with van der Waals surface area (Å²) in [6.07, 6.45) is 7.47. The third-order valence-corrected chi connectivity index (χ3v) is 2.46. The van der Waals surface area contributed by atoms with Crippen LogP contribution < -0.4 is 9.62 Å². The topological polar surface area (TPSA) is 96.9 Å². The second-order valence-corrected chi connectivity index (χ2v) is 3.60. The Labute approximate surface area is 155 Å². The summed E-state index contributed by atoms with van der Waals surface area (Å²) in [5.74, 6) is 1.78. The minimum Gasteiger partial charge on any atom is -0.545 e. The molecule has 0 spiro atoms. The van der Waals surface area contributed by atoms with Gasteiger partial charge in [0.2, 0.25) is 0 Å². The quantitative estimate of drug-likeness (QED) is 0.357. The second-order valence-electron chi connectivity index (χ2n) is 3.60. The molecule has 0 aromatic carbocycles. The molecule has 0 bridgehead atoms. The van der Waals surface area contributed by atoms with Gasteiger partial charge in [0.1, 0.15) is 11.6 Å². The molecule has 0 N–H and O–H groups in total. The molecule has 2 aromatic heterocycles. The molecular weight excluding hydrogens is 483 g/mol. The predicted octanol–water partition coefficient (Wildman–Crippen LogP) is 1.72. The molecule has 0 unspecified atom stereocenters. The molecule has 119 valence electrons. The molecule has 0 atom stereocenters. The molecule has 1 aliphatic rings. The molecule has 0 saturated carbocycles. The van der Waals surface area contributed by atoms with Crippen molar-refractivity contribution in [1.29, 1.82) is 10.5 Å². The zero-order chi connectivity index (χ0) is 17.5. The van der Waals surface area contributed by atoms with Gasteiger partial charge in [0, 0.05) is 24.8 Å². The van der Waals surface area contributed by atoms with E-state index in [9.17, 15) is 0 Å². The van der Waals surface area contributed by atoms with Gasteiger partial charge in [-0.3, -0.25) is 6.79 Å². The van der Waals surface area contributed by atoms with Crippen molar-refractivity contribution in [3.05, 3.63) is 74.3 Å². The molecule has 3 rings (SSSR count). The maximum Gasteiger partial charge on any atom is 3.00 e. The van der Waals surface area contributed by atoms with Gasteiger partial charge in [-0.1, -0.05) is 12.1 Å². The normalized spacial score (nSPS) is 10.2. The van der Waals surface area contributed by atoms with E-state index in [1.807, 2.05) is 66.0 Å². The molecule has 3 heterocycles. The van der Waals surface area contributed by atoms with Gasteiger partial charge in [-0.25, -0.2) is 9.97 Å². The van der Waals surface area contributed by atoms with E-state index in [0.717, 1.165) is 11.6 Å². The fraction of sp³-hybridized carbons (Fsp3) is 0. The van der Waals surface area contributed by atoms with Crippen molar-refractivity contribution in [1.82, 2.24) is 9.97 Å². The van der Waals surface area contributed by atoms with Crippen LogP contribution in [0.2, 0.25) is 0 Å². The number of carbonyl (C=O) groups excluding carboxylic acids is 1. The Kier molecular flexibility index (Phi) is 14.5. The van der Waals surface area contributed by atoms with Gasteiger partial charge in [-0.15, -0.1) is 0 Å². The Hall–Kier alpha value is -3.00. The smallest absolute Gasteiger partial charge is 0.545 e. The van der Waals surface area contributed by atoms with Gasteiger partial charge in [-0.2, -0.15) is 0 Å². The number of aromatic nitrogens is 2. The molecule has 1 aliphatic heterocycles. The Balaban J connectivity index is 0. The maximum absolute atomic E-state index is 7.75. The van der Waals surface area contributed by atoms with Crippen LogP contribution in [0.25, 0.3) is 0 Å². The van der Waals surface area contributed by atoms with E-state index >= 15 is 0 Å². The van der Waals surface area contributed by atoms with Crippen LogP contribution in [0, 0.1) is 23.7 Å². The van der Waals surface area contributed by atoms with E-state index in [1.54, 1.807) is 12.4 Å². The van der Waals surface area contributed by atoms with Crippen LogP contribution in [0.3, 0.4) is 0 Å². The Morgan fingerprint density at radius 2 is 1.21 bits per heavy atom. The van der Waals surface area contributed by atoms with Crippen molar-refractivity contribution < 1.29 is 24.9 Å². The average Bonchev–Trinajstić information content (AvgIpc) is 3.18. The zero-order valence-electron chi connectivity index (χ0n) is 12.4. The summed E-state index contributed by atoms with van der Waals surface area (Å²) < 4.78 is 0. The van der Waals surface area contributed by atoms with Crippen LogP contribution in [-0.2, 0) is 24.9 Å². The minimum atomic E-state index is 0. The number of pyridine rings is 2. The number of rotatable bonds is 2. The van der Waals surface area contributed by atoms with Crippen molar-refractivity contribution in [2.24, 2.45) is 0 Å². The van der Waals surface area contributed by atoms with Crippen molar-refractivity contribution in [2.45, 2.75) is 0 Å². The summed E-state index contributed by atoms with van der Waals surface area (Å²) in [5, 5.41) is 12.5. The molecule has 0 aliphatic carbocycles. The second kappa shape index (κ2) is 14.9. The Morgan fingerprint density at radius 3 is 1.50 bits per heavy atom. The monoisotopic (exact) mass is 495 g/mol. The summed E-state index contributed by atoms with van der Waals surface area (Å²) in [4.78, 5) is 20.2. The van der Waals surface area contributed by atoms with E-state index in [0.29, 0.717) is 0 Å². The van der Waals surface area contributed by atoms with Crippen LogP contribution >= 0.6 is 0 Å². The molecule has 0 fully saturated rings. The van der Waals surface area contributed by atoms with Crippen LogP contribution in [0.15, 0.2) is 61.2 Å².